The van der Waals surface area contributed by atoms with Gasteiger partial charge in [-0.25, -0.2) is 9.97 Å². The van der Waals surface area contributed by atoms with E-state index in [4.69, 9.17) is 0 Å². The van der Waals surface area contributed by atoms with Gasteiger partial charge in [0, 0.05) is 12.6 Å². The molecule has 0 aliphatic rings. The Bertz CT molecular complexity index is 671. The summed E-state index contributed by atoms with van der Waals surface area (Å²) in [6.45, 7) is 7.74. The van der Waals surface area contributed by atoms with E-state index in [1.54, 1.807) is 10.6 Å². The number of hydrogen-bond donors (Lipinski definition) is 1. The Morgan fingerprint density at radius 3 is 2.76 bits per heavy atom. The quantitative estimate of drug-likeness (QED) is 0.797. The molecule has 5 nitrogen and oxygen atoms in total. The predicted octanol–water partition coefficient (Wildman–Crippen LogP) is 1.64. The molecule has 0 amide bonds. The molecule has 1 N–H and O–H groups in total. The first-order chi connectivity index (χ1) is 8.06. The van der Waals surface area contributed by atoms with Crippen LogP contribution in [0.2, 0.25) is 0 Å². The second-order valence-corrected chi connectivity index (χ2v) is 4.02. The standard InChI is InChI=1S/C12H14N4O/c1-5-8(7(2)3)10-15-9-11(16(10)4)13-6-14-12(9)17/h5-6H,1H2,2-4H3,(H,13,14,17). The van der Waals surface area contributed by atoms with Gasteiger partial charge in [0.15, 0.2) is 11.2 Å². The molecule has 0 unspecified atom stereocenters. The number of nitrogens with one attached hydrogen (secondary N) is 1. The third-order valence-electron chi connectivity index (χ3n) is 2.65. The molecule has 0 saturated carbocycles. The molecule has 88 valence electrons. The lowest BCUT2D eigenvalue weighted by Gasteiger charge is -2.04. The van der Waals surface area contributed by atoms with Gasteiger partial charge in [-0.05, 0) is 13.8 Å². The van der Waals surface area contributed by atoms with Crippen molar-refractivity contribution < 1.29 is 0 Å². The minimum absolute atomic E-state index is 0.228. The monoisotopic (exact) mass is 230 g/mol. The van der Waals surface area contributed by atoms with Crippen LogP contribution >= 0.6 is 0 Å². The second-order valence-electron chi connectivity index (χ2n) is 4.02. The summed E-state index contributed by atoms with van der Waals surface area (Å²) in [7, 11) is 1.84. The van der Waals surface area contributed by atoms with Crippen molar-refractivity contribution in [2.75, 3.05) is 0 Å². The van der Waals surface area contributed by atoms with Crippen LogP contribution in [0.4, 0.5) is 0 Å². The number of aromatic amines is 1. The van der Waals surface area contributed by atoms with Gasteiger partial charge in [-0.15, -0.1) is 0 Å². The Morgan fingerprint density at radius 1 is 1.53 bits per heavy atom. The van der Waals surface area contributed by atoms with Gasteiger partial charge in [0.2, 0.25) is 0 Å². The van der Waals surface area contributed by atoms with E-state index in [0.29, 0.717) is 17.0 Å². The summed E-state index contributed by atoms with van der Waals surface area (Å²) in [5.41, 5.74) is 2.71. The Hall–Kier alpha value is -2.17. The molecule has 0 radical (unpaired) electrons. The Labute approximate surface area is 98.5 Å². The van der Waals surface area contributed by atoms with Crippen molar-refractivity contribution in [2.45, 2.75) is 13.8 Å². The van der Waals surface area contributed by atoms with Gasteiger partial charge in [0.05, 0.1) is 6.33 Å². The van der Waals surface area contributed by atoms with Crippen LogP contribution < -0.4 is 5.56 Å². The maximum absolute atomic E-state index is 11.6. The van der Waals surface area contributed by atoms with Crippen LogP contribution in [0.5, 0.6) is 0 Å². The van der Waals surface area contributed by atoms with Crippen LogP contribution in [0.1, 0.15) is 19.7 Å². The molecule has 2 heterocycles. The van der Waals surface area contributed by atoms with Crippen molar-refractivity contribution in [1.29, 1.82) is 0 Å². The van der Waals surface area contributed by atoms with Gasteiger partial charge < -0.3 is 9.55 Å². The van der Waals surface area contributed by atoms with Crippen molar-refractivity contribution in [3.05, 3.63) is 40.7 Å². The number of allylic oxidation sites excluding steroid dienone is 3. The minimum Gasteiger partial charge on any atom is -0.312 e. The first kappa shape index (κ1) is 11.3. The first-order valence-corrected chi connectivity index (χ1v) is 5.26. The highest BCUT2D eigenvalue weighted by Crippen LogP contribution is 2.20. The highest BCUT2D eigenvalue weighted by Gasteiger charge is 2.13. The van der Waals surface area contributed by atoms with Crippen molar-refractivity contribution in [3.63, 3.8) is 0 Å². The normalized spacial score (nSPS) is 10.5. The fraction of sp³-hybridized carbons (Fsp3) is 0.250. The summed E-state index contributed by atoms with van der Waals surface area (Å²) in [4.78, 5) is 22.6. The van der Waals surface area contributed by atoms with Crippen LogP contribution in [-0.4, -0.2) is 19.5 Å². The zero-order valence-corrected chi connectivity index (χ0v) is 10.1. The van der Waals surface area contributed by atoms with Gasteiger partial charge >= 0.3 is 0 Å². The third-order valence-corrected chi connectivity index (χ3v) is 2.65. The fourth-order valence-electron chi connectivity index (χ4n) is 1.77. The number of hydrogen-bond acceptors (Lipinski definition) is 3. The molecule has 0 aliphatic carbocycles. The fourth-order valence-corrected chi connectivity index (χ4v) is 1.77. The average Bonchev–Trinajstić information content (AvgIpc) is 2.60. The van der Waals surface area contributed by atoms with Crippen molar-refractivity contribution in [1.82, 2.24) is 19.5 Å². The summed E-state index contributed by atoms with van der Waals surface area (Å²) in [6, 6.07) is 0. The summed E-state index contributed by atoms with van der Waals surface area (Å²) < 4.78 is 1.80. The minimum atomic E-state index is -0.228. The summed E-state index contributed by atoms with van der Waals surface area (Å²) in [5.74, 6) is 0.708. The zero-order chi connectivity index (χ0) is 12.6. The molecule has 2 rings (SSSR count). The third kappa shape index (κ3) is 1.69. The smallest absolute Gasteiger partial charge is 0.278 e. The molecule has 0 spiro atoms. The lowest BCUT2D eigenvalue weighted by molar-refractivity contribution is 0.904. The lowest BCUT2D eigenvalue weighted by Crippen LogP contribution is -2.06. The summed E-state index contributed by atoms with van der Waals surface area (Å²) >= 11 is 0. The van der Waals surface area contributed by atoms with Crippen molar-refractivity contribution in [3.8, 4) is 0 Å². The Morgan fingerprint density at radius 2 is 2.24 bits per heavy atom. The molecule has 0 saturated heterocycles. The van der Waals surface area contributed by atoms with E-state index in [2.05, 4.69) is 21.5 Å². The Balaban J connectivity index is 2.86. The van der Waals surface area contributed by atoms with Crippen LogP contribution in [0, 0.1) is 0 Å². The van der Waals surface area contributed by atoms with E-state index in [1.165, 1.54) is 6.33 Å². The molecule has 0 fully saturated rings. The van der Waals surface area contributed by atoms with E-state index in [9.17, 15) is 4.79 Å². The van der Waals surface area contributed by atoms with E-state index in [-0.39, 0.29) is 5.56 Å². The van der Waals surface area contributed by atoms with E-state index in [1.807, 2.05) is 20.9 Å². The van der Waals surface area contributed by atoms with E-state index >= 15 is 0 Å². The number of fused-ring (bicyclic) bond motifs is 1. The van der Waals surface area contributed by atoms with Crippen molar-refractivity contribution >= 4 is 16.7 Å². The SMILES string of the molecule is C=CC(=C(C)C)c1nc2c(=O)[nH]cnc2n1C. The molecule has 0 bridgehead atoms. The second kappa shape index (κ2) is 4.01. The highest BCUT2D eigenvalue weighted by atomic mass is 16.1. The number of rotatable bonds is 2. The van der Waals surface area contributed by atoms with Crippen LogP contribution in [0.25, 0.3) is 16.7 Å². The van der Waals surface area contributed by atoms with Gasteiger partial charge in [0.1, 0.15) is 5.82 Å². The number of aromatic nitrogens is 4. The van der Waals surface area contributed by atoms with Crippen LogP contribution in [0.15, 0.2) is 29.3 Å². The molecule has 2 aromatic rings. The molecular weight excluding hydrogens is 216 g/mol. The number of aryl methyl sites for hydroxylation is 1. The van der Waals surface area contributed by atoms with Gasteiger partial charge in [0.25, 0.3) is 5.56 Å². The van der Waals surface area contributed by atoms with E-state index < -0.39 is 0 Å². The molecule has 0 atom stereocenters. The van der Waals surface area contributed by atoms with Gasteiger partial charge in [-0.3, -0.25) is 4.79 Å². The molecule has 17 heavy (non-hydrogen) atoms. The average molecular weight is 230 g/mol. The highest BCUT2D eigenvalue weighted by molar-refractivity contribution is 5.79. The molecule has 0 aromatic carbocycles. The maximum atomic E-state index is 11.6. The zero-order valence-electron chi connectivity index (χ0n) is 10.1. The maximum Gasteiger partial charge on any atom is 0.278 e. The summed E-state index contributed by atoms with van der Waals surface area (Å²) in [6.07, 6.45) is 3.12. The van der Waals surface area contributed by atoms with Crippen molar-refractivity contribution in [2.24, 2.45) is 7.05 Å². The number of imidazole rings is 1. The molecular formula is C12H14N4O. The number of H-pyrrole nitrogens is 1. The van der Waals surface area contributed by atoms with E-state index in [0.717, 1.165) is 11.1 Å². The molecule has 5 heteroatoms. The Kier molecular flexibility index (Phi) is 2.67. The number of nitrogens with zero attached hydrogens (tertiary/aromatic N) is 3. The van der Waals surface area contributed by atoms with Crippen LogP contribution in [0.3, 0.4) is 0 Å². The topological polar surface area (TPSA) is 63.6 Å². The lowest BCUT2D eigenvalue weighted by atomic mass is 10.1. The molecule has 0 aliphatic heterocycles. The van der Waals surface area contributed by atoms with Gasteiger partial charge in [-0.2, -0.15) is 0 Å². The van der Waals surface area contributed by atoms with Crippen LogP contribution in [-0.2, 0) is 7.05 Å². The molecule has 2 aromatic heterocycles. The summed E-state index contributed by atoms with van der Waals surface area (Å²) in [5, 5.41) is 0. The largest absolute Gasteiger partial charge is 0.312 e. The van der Waals surface area contributed by atoms with Gasteiger partial charge in [-0.1, -0.05) is 18.2 Å². The first-order valence-electron chi connectivity index (χ1n) is 5.26. The predicted molar refractivity (Wildman–Crippen MR) is 67.6 cm³/mol.